The molecule has 5 nitrogen and oxygen atoms in total. The summed E-state index contributed by atoms with van der Waals surface area (Å²) in [7, 11) is 0. The number of pyridine rings is 1. The van der Waals surface area contributed by atoms with Crippen molar-refractivity contribution in [3.05, 3.63) is 42.4 Å². The number of aromatic nitrogens is 3. The normalized spacial score (nSPS) is 11.3. The third kappa shape index (κ3) is 1.79. The highest BCUT2D eigenvalue weighted by Crippen LogP contribution is 2.31. The average Bonchev–Trinajstić information content (AvgIpc) is 2.75. The topological polar surface area (TPSA) is 82.8 Å². The third-order valence-corrected chi connectivity index (χ3v) is 3.38. The van der Waals surface area contributed by atoms with Gasteiger partial charge < -0.3 is 11.6 Å². The summed E-state index contributed by atoms with van der Waals surface area (Å²) in [5.74, 6) is 7.44. The Labute approximate surface area is 117 Å². The minimum atomic E-state index is 0.207. The highest BCUT2D eigenvalue weighted by atomic mass is 15.4. The molecule has 0 amide bonds. The molecule has 0 unspecified atom stereocenters. The zero-order valence-electron chi connectivity index (χ0n) is 11.5. The van der Waals surface area contributed by atoms with Crippen LogP contribution in [0.4, 0.5) is 5.82 Å². The van der Waals surface area contributed by atoms with Crippen molar-refractivity contribution in [3.8, 4) is 11.3 Å². The van der Waals surface area contributed by atoms with Gasteiger partial charge in [-0.15, -0.1) is 0 Å². The second-order valence-electron chi connectivity index (χ2n) is 5.11. The van der Waals surface area contributed by atoms with Crippen LogP contribution < -0.4 is 11.6 Å². The molecule has 0 aliphatic rings. The fraction of sp³-hybridized carbons (Fsp3) is 0.200. The van der Waals surface area contributed by atoms with Gasteiger partial charge in [0.1, 0.15) is 11.5 Å². The summed E-state index contributed by atoms with van der Waals surface area (Å²) in [6.07, 6.45) is 1.77. The van der Waals surface area contributed by atoms with Gasteiger partial charge in [0.05, 0.1) is 5.52 Å². The Bertz CT molecular complexity index is 768. The van der Waals surface area contributed by atoms with Gasteiger partial charge in [-0.05, 0) is 6.07 Å². The molecule has 0 aliphatic heterocycles. The van der Waals surface area contributed by atoms with Crippen molar-refractivity contribution in [2.75, 3.05) is 11.6 Å². The molecule has 0 radical (unpaired) electrons. The molecule has 0 spiro atoms. The molecule has 0 saturated carbocycles. The standard InChI is InChI=1S/C15H17N5/c1-9(2)15-19-13(14(16)20(15)17)11-7-3-5-10-6-4-8-18-12(10)11/h3-9H,16-17H2,1-2H3. The summed E-state index contributed by atoms with van der Waals surface area (Å²) in [6, 6.07) is 9.90. The van der Waals surface area contributed by atoms with Crippen LogP contribution >= 0.6 is 0 Å². The van der Waals surface area contributed by atoms with Gasteiger partial charge in [-0.3, -0.25) is 4.98 Å². The van der Waals surface area contributed by atoms with E-state index in [2.05, 4.69) is 9.97 Å². The van der Waals surface area contributed by atoms with E-state index in [0.29, 0.717) is 11.5 Å². The summed E-state index contributed by atoms with van der Waals surface area (Å²) >= 11 is 0. The number of nitrogen functional groups attached to an aromatic ring is 2. The monoisotopic (exact) mass is 267 g/mol. The van der Waals surface area contributed by atoms with E-state index in [-0.39, 0.29) is 5.92 Å². The minimum absolute atomic E-state index is 0.207. The first-order chi connectivity index (χ1) is 9.59. The van der Waals surface area contributed by atoms with Crippen molar-refractivity contribution < 1.29 is 0 Å². The van der Waals surface area contributed by atoms with E-state index < -0.39 is 0 Å². The Morgan fingerprint density at radius 3 is 2.60 bits per heavy atom. The number of hydrogen-bond acceptors (Lipinski definition) is 4. The quantitative estimate of drug-likeness (QED) is 0.699. The molecule has 102 valence electrons. The third-order valence-electron chi connectivity index (χ3n) is 3.38. The van der Waals surface area contributed by atoms with Gasteiger partial charge in [-0.2, -0.15) is 0 Å². The molecule has 20 heavy (non-hydrogen) atoms. The van der Waals surface area contributed by atoms with Crippen LogP contribution in [0.1, 0.15) is 25.6 Å². The summed E-state index contributed by atoms with van der Waals surface area (Å²) in [4.78, 5) is 9.04. The lowest BCUT2D eigenvalue weighted by atomic mass is 10.1. The second-order valence-corrected chi connectivity index (χ2v) is 5.11. The van der Waals surface area contributed by atoms with Crippen molar-refractivity contribution in [2.45, 2.75) is 19.8 Å². The van der Waals surface area contributed by atoms with Gasteiger partial charge in [0.15, 0.2) is 5.82 Å². The molecule has 2 heterocycles. The second kappa shape index (κ2) is 4.52. The van der Waals surface area contributed by atoms with Crippen LogP contribution in [0, 0.1) is 0 Å². The van der Waals surface area contributed by atoms with Gasteiger partial charge in [0.25, 0.3) is 0 Å². The first-order valence-electron chi connectivity index (χ1n) is 6.57. The lowest BCUT2D eigenvalue weighted by Gasteiger charge is -2.05. The van der Waals surface area contributed by atoms with Crippen molar-refractivity contribution in [3.63, 3.8) is 0 Å². The molecule has 3 aromatic rings. The Balaban J connectivity index is 2.29. The number of para-hydroxylation sites is 1. The predicted octanol–water partition coefficient (Wildman–Crippen LogP) is 2.52. The number of hydrogen-bond donors (Lipinski definition) is 2. The van der Waals surface area contributed by atoms with E-state index in [4.69, 9.17) is 11.6 Å². The number of imidazole rings is 1. The SMILES string of the molecule is CC(C)c1nc(-c2cccc3cccnc23)c(N)n1N. The molecule has 2 aromatic heterocycles. The number of anilines is 1. The molecule has 0 atom stereocenters. The largest absolute Gasteiger partial charge is 0.382 e. The maximum atomic E-state index is 6.11. The summed E-state index contributed by atoms with van der Waals surface area (Å²) < 4.78 is 1.46. The van der Waals surface area contributed by atoms with Crippen molar-refractivity contribution in [1.29, 1.82) is 0 Å². The van der Waals surface area contributed by atoms with Crippen molar-refractivity contribution in [2.24, 2.45) is 0 Å². The zero-order chi connectivity index (χ0) is 14.3. The zero-order valence-corrected chi connectivity index (χ0v) is 11.5. The molecule has 3 rings (SSSR count). The van der Waals surface area contributed by atoms with Crippen LogP contribution in [-0.2, 0) is 0 Å². The minimum Gasteiger partial charge on any atom is -0.382 e. The lowest BCUT2D eigenvalue weighted by Crippen LogP contribution is -2.16. The van der Waals surface area contributed by atoms with E-state index in [0.717, 1.165) is 22.3 Å². The number of benzene rings is 1. The number of nitrogens with two attached hydrogens (primary N) is 2. The highest BCUT2D eigenvalue weighted by Gasteiger charge is 2.18. The molecule has 0 aliphatic carbocycles. The molecular formula is C15H17N5. The van der Waals surface area contributed by atoms with Crippen LogP contribution in [-0.4, -0.2) is 14.6 Å². The fourth-order valence-electron chi connectivity index (χ4n) is 2.36. The number of nitrogens with zero attached hydrogens (tertiary/aromatic N) is 3. The number of fused-ring (bicyclic) bond motifs is 1. The molecular weight excluding hydrogens is 250 g/mol. The van der Waals surface area contributed by atoms with Gasteiger partial charge in [0.2, 0.25) is 0 Å². The summed E-state index contributed by atoms with van der Waals surface area (Å²) in [5, 5.41) is 1.06. The first-order valence-corrected chi connectivity index (χ1v) is 6.57. The number of rotatable bonds is 2. The molecule has 0 fully saturated rings. The van der Waals surface area contributed by atoms with Crippen LogP contribution in [0.15, 0.2) is 36.5 Å². The van der Waals surface area contributed by atoms with E-state index in [1.54, 1.807) is 6.20 Å². The Morgan fingerprint density at radius 2 is 1.90 bits per heavy atom. The molecule has 5 heteroatoms. The smallest absolute Gasteiger partial charge is 0.150 e. The summed E-state index contributed by atoms with van der Waals surface area (Å²) in [6.45, 7) is 4.08. The van der Waals surface area contributed by atoms with Gasteiger partial charge in [-0.1, -0.05) is 38.1 Å². The van der Waals surface area contributed by atoms with Crippen LogP contribution in [0.5, 0.6) is 0 Å². The van der Waals surface area contributed by atoms with E-state index >= 15 is 0 Å². The molecule has 0 bridgehead atoms. The molecule has 0 saturated heterocycles. The van der Waals surface area contributed by atoms with Gasteiger partial charge in [0, 0.05) is 23.1 Å². The van der Waals surface area contributed by atoms with Crippen LogP contribution in [0.2, 0.25) is 0 Å². The van der Waals surface area contributed by atoms with E-state index in [1.165, 1.54) is 4.68 Å². The van der Waals surface area contributed by atoms with E-state index in [1.807, 2.05) is 44.2 Å². The Kier molecular flexibility index (Phi) is 2.82. The average molecular weight is 267 g/mol. The van der Waals surface area contributed by atoms with Crippen molar-refractivity contribution in [1.82, 2.24) is 14.6 Å². The Morgan fingerprint density at radius 1 is 1.15 bits per heavy atom. The summed E-state index contributed by atoms with van der Waals surface area (Å²) in [5.41, 5.74) is 8.60. The van der Waals surface area contributed by atoms with Gasteiger partial charge in [-0.25, -0.2) is 9.66 Å². The maximum absolute atomic E-state index is 6.11. The lowest BCUT2D eigenvalue weighted by molar-refractivity contribution is 0.739. The van der Waals surface area contributed by atoms with Crippen LogP contribution in [0.25, 0.3) is 22.2 Å². The molecule has 1 aromatic carbocycles. The maximum Gasteiger partial charge on any atom is 0.150 e. The fourth-order valence-corrected chi connectivity index (χ4v) is 2.36. The Hall–Kier alpha value is -2.56. The predicted molar refractivity (Wildman–Crippen MR) is 81.6 cm³/mol. The first kappa shape index (κ1) is 12.5. The van der Waals surface area contributed by atoms with Crippen LogP contribution in [0.3, 0.4) is 0 Å². The molecule has 4 N–H and O–H groups in total. The van der Waals surface area contributed by atoms with Gasteiger partial charge >= 0.3 is 0 Å². The van der Waals surface area contributed by atoms with Crippen molar-refractivity contribution >= 4 is 16.7 Å². The van der Waals surface area contributed by atoms with E-state index in [9.17, 15) is 0 Å². The highest BCUT2D eigenvalue weighted by molar-refractivity contribution is 5.94.